The Morgan fingerprint density at radius 1 is 1.50 bits per heavy atom. The second-order valence-corrected chi connectivity index (χ2v) is 4.72. The number of piperidine rings is 1. The predicted octanol–water partition coefficient (Wildman–Crippen LogP) is 1.42. The van der Waals surface area contributed by atoms with Crippen molar-refractivity contribution in [2.24, 2.45) is 0 Å². The van der Waals surface area contributed by atoms with Gasteiger partial charge in [-0.3, -0.25) is 0 Å². The molecule has 16 heavy (non-hydrogen) atoms. The smallest absolute Gasteiger partial charge is 0.258 e. The van der Waals surface area contributed by atoms with Crippen molar-refractivity contribution in [3.8, 4) is 0 Å². The summed E-state index contributed by atoms with van der Waals surface area (Å²) in [5.74, 6) is 1.72. The van der Waals surface area contributed by atoms with E-state index in [0.717, 1.165) is 25.3 Å². The van der Waals surface area contributed by atoms with Crippen LogP contribution in [0.2, 0.25) is 0 Å². The van der Waals surface area contributed by atoms with Gasteiger partial charge in [0.1, 0.15) is 5.60 Å². The first-order valence-electron chi connectivity index (χ1n) is 5.73. The Kier molecular flexibility index (Phi) is 3.25. The van der Waals surface area contributed by atoms with Crippen LogP contribution in [0, 0.1) is 0 Å². The second-order valence-electron chi connectivity index (χ2n) is 4.72. The Bertz CT molecular complexity index is 343. The molecule has 0 radical (unpaired) electrons. The Morgan fingerprint density at radius 3 is 2.94 bits per heavy atom. The van der Waals surface area contributed by atoms with Gasteiger partial charge in [0.05, 0.1) is 0 Å². The topological polar surface area (TPSA) is 60.2 Å². The van der Waals surface area contributed by atoms with Gasteiger partial charge in [0.15, 0.2) is 5.82 Å². The SMILES string of the molecule is COC(C)(C)c1nc(C2CCCNC2)no1. The number of nitrogens with zero attached hydrogens (tertiary/aromatic N) is 2. The van der Waals surface area contributed by atoms with Crippen molar-refractivity contribution in [3.63, 3.8) is 0 Å². The fourth-order valence-corrected chi connectivity index (χ4v) is 1.80. The van der Waals surface area contributed by atoms with Crippen LogP contribution in [0.5, 0.6) is 0 Å². The maximum absolute atomic E-state index is 5.31. The third-order valence-electron chi connectivity index (χ3n) is 3.13. The van der Waals surface area contributed by atoms with E-state index in [9.17, 15) is 0 Å². The Balaban J connectivity index is 2.12. The summed E-state index contributed by atoms with van der Waals surface area (Å²) in [4.78, 5) is 4.43. The minimum Gasteiger partial charge on any atom is -0.369 e. The van der Waals surface area contributed by atoms with E-state index in [1.807, 2.05) is 13.8 Å². The van der Waals surface area contributed by atoms with E-state index in [-0.39, 0.29) is 0 Å². The molecule has 0 amide bonds. The molecule has 1 aromatic heterocycles. The van der Waals surface area contributed by atoms with Gasteiger partial charge in [0.2, 0.25) is 0 Å². The molecule has 1 aliphatic heterocycles. The summed E-state index contributed by atoms with van der Waals surface area (Å²) >= 11 is 0. The highest BCUT2D eigenvalue weighted by molar-refractivity contribution is 5.02. The molecule has 2 heterocycles. The normalized spacial score (nSPS) is 22.3. The highest BCUT2D eigenvalue weighted by atomic mass is 16.5. The number of aromatic nitrogens is 2. The van der Waals surface area contributed by atoms with Gasteiger partial charge >= 0.3 is 0 Å². The number of ether oxygens (including phenoxy) is 1. The first-order valence-corrected chi connectivity index (χ1v) is 5.73. The zero-order chi connectivity index (χ0) is 11.6. The van der Waals surface area contributed by atoms with E-state index in [0.29, 0.717) is 11.8 Å². The Labute approximate surface area is 95.6 Å². The number of rotatable bonds is 3. The van der Waals surface area contributed by atoms with Crippen LogP contribution < -0.4 is 5.32 Å². The molecular formula is C11H19N3O2. The molecule has 0 aliphatic carbocycles. The molecule has 5 heteroatoms. The Hall–Kier alpha value is -0.940. The van der Waals surface area contributed by atoms with E-state index in [1.165, 1.54) is 6.42 Å². The van der Waals surface area contributed by atoms with Crippen molar-refractivity contribution in [2.75, 3.05) is 20.2 Å². The molecule has 1 saturated heterocycles. The van der Waals surface area contributed by atoms with Crippen LogP contribution in [0.3, 0.4) is 0 Å². The summed E-state index contributed by atoms with van der Waals surface area (Å²) in [6.07, 6.45) is 2.29. The first-order chi connectivity index (χ1) is 7.63. The van der Waals surface area contributed by atoms with Crippen molar-refractivity contribution in [3.05, 3.63) is 11.7 Å². The zero-order valence-corrected chi connectivity index (χ0v) is 10.1. The largest absolute Gasteiger partial charge is 0.369 e. The lowest BCUT2D eigenvalue weighted by atomic mass is 9.99. The molecule has 1 N–H and O–H groups in total. The molecule has 1 unspecified atom stereocenters. The van der Waals surface area contributed by atoms with Crippen LogP contribution >= 0.6 is 0 Å². The van der Waals surface area contributed by atoms with Crippen molar-refractivity contribution < 1.29 is 9.26 Å². The molecule has 1 aromatic rings. The summed E-state index contributed by atoms with van der Waals surface area (Å²) < 4.78 is 10.6. The highest BCUT2D eigenvalue weighted by Gasteiger charge is 2.29. The molecule has 1 atom stereocenters. The van der Waals surface area contributed by atoms with E-state index >= 15 is 0 Å². The quantitative estimate of drug-likeness (QED) is 0.843. The lowest BCUT2D eigenvalue weighted by Gasteiger charge is -2.19. The van der Waals surface area contributed by atoms with Gasteiger partial charge in [-0.2, -0.15) is 4.98 Å². The standard InChI is InChI=1S/C11H19N3O2/c1-11(2,15-3)10-13-9(14-16-10)8-5-4-6-12-7-8/h8,12H,4-7H2,1-3H3. The summed E-state index contributed by atoms with van der Waals surface area (Å²) in [5.41, 5.74) is -0.507. The first kappa shape index (κ1) is 11.5. The molecule has 90 valence electrons. The average molecular weight is 225 g/mol. The van der Waals surface area contributed by atoms with Gasteiger partial charge in [-0.15, -0.1) is 0 Å². The van der Waals surface area contributed by atoms with Gasteiger partial charge in [-0.25, -0.2) is 0 Å². The minimum atomic E-state index is -0.507. The van der Waals surface area contributed by atoms with E-state index in [1.54, 1.807) is 7.11 Å². The van der Waals surface area contributed by atoms with E-state index < -0.39 is 5.60 Å². The van der Waals surface area contributed by atoms with E-state index in [2.05, 4.69) is 15.5 Å². The van der Waals surface area contributed by atoms with Crippen molar-refractivity contribution in [2.45, 2.75) is 38.2 Å². The number of hydrogen-bond acceptors (Lipinski definition) is 5. The molecule has 0 bridgehead atoms. The zero-order valence-electron chi connectivity index (χ0n) is 10.1. The average Bonchev–Trinajstić information content (AvgIpc) is 2.80. The third-order valence-corrected chi connectivity index (χ3v) is 3.13. The maximum Gasteiger partial charge on any atom is 0.258 e. The predicted molar refractivity (Wildman–Crippen MR) is 59.2 cm³/mol. The van der Waals surface area contributed by atoms with Crippen molar-refractivity contribution in [1.29, 1.82) is 0 Å². The molecule has 0 aromatic carbocycles. The summed E-state index contributed by atoms with van der Waals surface area (Å²) in [6, 6.07) is 0. The van der Waals surface area contributed by atoms with Crippen LogP contribution in [-0.4, -0.2) is 30.3 Å². The molecule has 2 rings (SSSR count). The lowest BCUT2D eigenvalue weighted by molar-refractivity contribution is -0.00786. The van der Waals surface area contributed by atoms with Gasteiger partial charge in [-0.1, -0.05) is 5.16 Å². The third kappa shape index (κ3) is 2.25. The van der Waals surface area contributed by atoms with Crippen LogP contribution in [-0.2, 0) is 10.3 Å². The lowest BCUT2D eigenvalue weighted by Crippen LogP contribution is -2.29. The molecule has 1 fully saturated rings. The molecule has 0 spiro atoms. The fourth-order valence-electron chi connectivity index (χ4n) is 1.80. The van der Waals surface area contributed by atoms with Gasteiger partial charge < -0.3 is 14.6 Å². The van der Waals surface area contributed by atoms with Crippen LogP contribution in [0.1, 0.15) is 44.3 Å². The van der Waals surface area contributed by atoms with Crippen molar-refractivity contribution >= 4 is 0 Å². The molecule has 0 saturated carbocycles. The fraction of sp³-hybridized carbons (Fsp3) is 0.818. The molecule has 1 aliphatic rings. The number of hydrogen-bond donors (Lipinski definition) is 1. The maximum atomic E-state index is 5.31. The second kappa shape index (κ2) is 4.51. The summed E-state index contributed by atoms with van der Waals surface area (Å²) in [6.45, 7) is 5.87. The summed E-state index contributed by atoms with van der Waals surface area (Å²) in [5, 5.41) is 7.39. The van der Waals surface area contributed by atoms with E-state index in [4.69, 9.17) is 9.26 Å². The monoisotopic (exact) mass is 225 g/mol. The van der Waals surface area contributed by atoms with Crippen molar-refractivity contribution in [1.82, 2.24) is 15.5 Å². The van der Waals surface area contributed by atoms with Gasteiger partial charge in [0.25, 0.3) is 5.89 Å². The van der Waals surface area contributed by atoms with Crippen LogP contribution in [0.25, 0.3) is 0 Å². The van der Waals surface area contributed by atoms with Crippen LogP contribution in [0.15, 0.2) is 4.52 Å². The molecule has 5 nitrogen and oxygen atoms in total. The number of methoxy groups -OCH3 is 1. The molecular weight excluding hydrogens is 206 g/mol. The highest BCUT2D eigenvalue weighted by Crippen LogP contribution is 2.25. The summed E-state index contributed by atoms with van der Waals surface area (Å²) in [7, 11) is 1.64. The Morgan fingerprint density at radius 2 is 2.31 bits per heavy atom. The van der Waals surface area contributed by atoms with Crippen LogP contribution in [0.4, 0.5) is 0 Å². The van der Waals surface area contributed by atoms with Gasteiger partial charge in [-0.05, 0) is 33.2 Å². The minimum absolute atomic E-state index is 0.374. The number of nitrogens with one attached hydrogen (secondary N) is 1. The van der Waals surface area contributed by atoms with Gasteiger partial charge in [0, 0.05) is 19.6 Å².